The van der Waals surface area contributed by atoms with Crippen LogP contribution in [-0.4, -0.2) is 43.2 Å². The van der Waals surface area contributed by atoms with Gasteiger partial charge in [0.2, 0.25) is 0 Å². The van der Waals surface area contributed by atoms with Gasteiger partial charge in [-0.3, -0.25) is 8.42 Å². The SMILES string of the molecule is CCCCCCCCCCCCCCCCCC[P+](C)(C)CCCCCCCCCCCCCCCCCC.O=S(=O)([O-])[O-].[H+]. The largest absolute Gasteiger partial charge is 1.00 e. The summed E-state index contributed by atoms with van der Waals surface area (Å²) in [6.45, 7) is 9.91. The van der Waals surface area contributed by atoms with E-state index in [1.54, 1.807) is 12.3 Å². The zero-order chi connectivity index (χ0) is 33.0. The molecule has 44 heavy (non-hydrogen) atoms. The molecule has 0 heterocycles. The normalized spacial score (nSPS) is 12.0. The summed E-state index contributed by atoms with van der Waals surface area (Å²) in [6, 6.07) is 0. The van der Waals surface area contributed by atoms with Crippen LogP contribution < -0.4 is 0 Å². The van der Waals surface area contributed by atoms with Crippen LogP contribution in [0.5, 0.6) is 0 Å². The molecule has 0 spiro atoms. The van der Waals surface area contributed by atoms with Gasteiger partial charge >= 0.3 is 1.43 Å². The van der Waals surface area contributed by atoms with Gasteiger partial charge in [0, 0.05) is 31.0 Å². The first-order valence-corrected chi connectivity index (χ1v) is 24.0. The number of hydrogen-bond acceptors (Lipinski definition) is 4. The van der Waals surface area contributed by atoms with E-state index in [2.05, 4.69) is 27.2 Å². The Bertz CT molecular complexity index is 600. The first-order valence-electron chi connectivity index (χ1n) is 19.6. The lowest BCUT2D eigenvalue weighted by atomic mass is 10.0. The quantitative estimate of drug-likeness (QED) is 0.0297. The molecule has 0 aliphatic heterocycles. The topological polar surface area (TPSA) is 80.3 Å². The molecular weight excluding hydrogens is 583 g/mol. The lowest BCUT2D eigenvalue weighted by Gasteiger charge is -2.18. The van der Waals surface area contributed by atoms with E-state index in [0.29, 0.717) is 0 Å². The molecule has 0 fully saturated rings. The first kappa shape index (κ1) is 46.4. The maximum absolute atomic E-state index is 8.52. The van der Waals surface area contributed by atoms with Gasteiger partial charge in [-0.05, 0) is 25.7 Å². The van der Waals surface area contributed by atoms with Crippen molar-refractivity contribution in [3.63, 3.8) is 0 Å². The number of hydrogen-bond donors (Lipinski definition) is 0. The van der Waals surface area contributed by atoms with E-state index in [-0.39, 0.29) is 1.43 Å². The Hall–Kier alpha value is 0.300. The van der Waals surface area contributed by atoms with E-state index in [9.17, 15) is 0 Å². The molecule has 0 atom stereocenters. The smallest absolute Gasteiger partial charge is 0.759 e. The Balaban J connectivity index is -0.00000270. The van der Waals surface area contributed by atoms with E-state index in [0.717, 1.165) is 0 Å². The molecule has 268 valence electrons. The van der Waals surface area contributed by atoms with Gasteiger partial charge in [0.25, 0.3) is 0 Å². The highest BCUT2D eigenvalue weighted by Gasteiger charge is 2.23. The van der Waals surface area contributed by atoms with Crippen molar-refractivity contribution >= 4 is 17.7 Å². The second-order valence-corrected chi connectivity index (χ2v) is 20.0. The van der Waals surface area contributed by atoms with Crippen molar-refractivity contribution in [1.29, 1.82) is 0 Å². The molecule has 0 saturated carbocycles. The summed E-state index contributed by atoms with van der Waals surface area (Å²) in [5, 5.41) is 0. The van der Waals surface area contributed by atoms with Gasteiger partial charge in [-0.15, -0.1) is 0 Å². The number of unbranched alkanes of at least 4 members (excludes halogenated alkanes) is 30. The molecular formula is C38H81O4PS. The van der Waals surface area contributed by atoms with Crippen LogP contribution in [0.1, 0.15) is 221 Å². The zero-order valence-corrected chi connectivity index (χ0v) is 32.2. The van der Waals surface area contributed by atoms with E-state index in [1.807, 2.05) is 0 Å². The summed E-state index contributed by atoms with van der Waals surface area (Å²) in [7, 11) is -5.79. The van der Waals surface area contributed by atoms with E-state index in [4.69, 9.17) is 17.5 Å². The summed E-state index contributed by atoms with van der Waals surface area (Å²) in [5.41, 5.74) is 0. The van der Waals surface area contributed by atoms with Gasteiger partial charge in [0.1, 0.15) is 0 Å². The molecule has 0 unspecified atom stereocenters. The highest BCUT2D eigenvalue weighted by Crippen LogP contribution is 2.52. The molecule has 4 nitrogen and oxygen atoms in total. The summed E-state index contributed by atoms with van der Waals surface area (Å²) in [6.07, 6.45) is 50.5. The second kappa shape index (κ2) is 36.1. The summed E-state index contributed by atoms with van der Waals surface area (Å²) in [5.74, 6) is 0. The Labute approximate surface area is 280 Å². The maximum Gasteiger partial charge on any atom is 1.00 e. The third kappa shape index (κ3) is 49.2. The molecule has 0 saturated heterocycles. The molecule has 0 aromatic heterocycles. The lowest BCUT2D eigenvalue weighted by molar-refractivity contribution is 0.352. The average Bonchev–Trinajstić information content (AvgIpc) is 2.96. The van der Waals surface area contributed by atoms with Crippen LogP contribution in [0, 0.1) is 0 Å². The third-order valence-electron chi connectivity index (χ3n) is 9.23. The minimum absolute atomic E-state index is 0. The molecule has 0 aromatic carbocycles. The average molecular weight is 665 g/mol. The standard InChI is InChI=1S/C38H80P.H2O4S/c1-5-7-9-11-13-15-17-19-21-23-25-27-29-31-33-35-37-39(3,4)38-36-34-32-30-28-26-24-22-20-18-16-14-12-10-8-6-2;1-5(2,3)4/h5-38H2,1-4H3;(H2,1,2,3,4)/q+1;/p-1. The highest BCUT2D eigenvalue weighted by atomic mass is 32.3. The van der Waals surface area contributed by atoms with Gasteiger partial charge in [-0.1, -0.05) is 194 Å². The maximum atomic E-state index is 8.52. The molecule has 0 aromatic rings. The van der Waals surface area contributed by atoms with Crippen molar-refractivity contribution in [1.82, 2.24) is 0 Å². The van der Waals surface area contributed by atoms with Crippen molar-refractivity contribution in [2.24, 2.45) is 0 Å². The van der Waals surface area contributed by atoms with Crippen molar-refractivity contribution in [2.45, 2.75) is 219 Å². The van der Waals surface area contributed by atoms with Crippen LogP contribution in [0.2, 0.25) is 0 Å². The fourth-order valence-corrected chi connectivity index (χ4v) is 8.67. The fourth-order valence-electron chi connectivity index (χ4n) is 6.29. The molecule has 0 radical (unpaired) electrons. The summed E-state index contributed by atoms with van der Waals surface area (Å²) >= 11 is 0. The van der Waals surface area contributed by atoms with Crippen LogP contribution in [-0.2, 0) is 10.4 Å². The Morgan fingerprint density at radius 1 is 0.364 bits per heavy atom. The predicted molar refractivity (Wildman–Crippen MR) is 199 cm³/mol. The molecule has 0 N–H and O–H groups in total. The minimum Gasteiger partial charge on any atom is -0.759 e. The Kier molecular flexibility index (Phi) is 38.1. The summed E-state index contributed by atoms with van der Waals surface area (Å²) < 4.78 is 34.1. The molecule has 0 rings (SSSR count). The van der Waals surface area contributed by atoms with Crippen molar-refractivity contribution in [3.8, 4) is 0 Å². The molecule has 6 heteroatoms. The van der Waals surface area contributed by atoms with Crippen LogP contribution in [0.3, 0.4) is 0 Å². The van der Waals surface area contributed by atoms with Crippen molar-refractivity contribution in [2.75, 3.05) is 25.7 Å². The van der Waals surface area contributed by atoms with Gasteiger partial charge in [-0.2, -0.15) is 0 Å². The number of rotatable bonds is 34. The van der Waals surface area contributed by atoms with Gasteiger partial charge in [0.05, 0.1) is 12.3 Å². The minimum atomic E-state index is -5.17. The van der Waals surface area contributed by atoms with Gasteiger partial charge in [0.15, 0.2) is 0 Å². The predicted octanol–water partition coefficient (Wildman–Crippen LogP) is 13.6. The zero-order valence-electron chi connectivity index (χ0n) is 31.5. The molecule has 0 amide bonds. The second-order valence-electron chi connectivity index (χ2n) is 14.4. The van der Waals surface area contributed by atoms with Gasteiger partial charge < -0.3 is 9.11 Å². The first-order chi connectivity index (χ1) is 21.1. The fraction of sp³-hybridized carbons (Fsp3) is 1.00. The molecule has 0 aliphatic rings. The monoisotopic (exact) mass is 665 g/mol. The van der Waals surface area contributed by atoms with Crippen molar-refractivity contribution < 1.29 is 18.9 Å². The van der Waals surface area contributed by atoms with Crippen LogP contribution in [0.15, 0.2) is 0 Å². The van der Waals surface area contributed by atoms with Crippen molar-refractivity contribution in [3.05, 3.63) is 0 Å². The van der Waals surface area contributed by atoms with Crippen LogP contribution in [0.25, 0.3) is 0 Å². The third-order valence-corrected chi connectivity index (χ3v) is 12.3. The van der Waals surface area contributed by atoms with Gasteiger partial charge in [-0.25, -0.2) is 0 Å². The summed E-state index contributed by atoms with van der Waals surface area (Å²) in [4.78, 5) is 0. The Morgan fingerprint density at radius 2 is 0.500 bits per heavy atom. The lowest BCUT2D eigenvalue weighted by Crippen LogP contribution is -2.01. The van der Waals surface area contributed by atoms with E-state index >= 15 is 0 Å². The van der Waals surface area contributed by atoms with E-state index in [1.165, 1.54) is 205 Å². The molecule has 0 aliphatic carbocycles. The van der Waals surface area contributed by atoms with Crippen LogP contribution >= 0.6 is 7.26 Å². The highest BCUT2D eigenvalue weighted by molar-refractivity contribution is 7.79. The van der Waals surface area contributed by atoms with E-state index < -0.39 is 17.7 Å². The molecule has 0 bridgehead atoms. The van der Waals surface area contributed by atoms with Crippen LogP contribution in [0.4, 0.5) is 0 Å². The Morgan fingerprint density at radius 3 is 0.659 bits per heavy atom.